The Hall–Kier alpha value is -1.46. The summed E-state index contributed by atoms with van der Waals surface area (Å²) < 4.78 is 27.4. The number of nitrogens with zero attached hydrogens (tertiary/aromatic N) is 3. The molecular formula is C10H13F2N3O. The molecule has 0 radical (unpaired) electrons. The molecule has 0 bridgehead atoms. The van der Waals surface area contributed by atoms with E-state index in [0.29, 0.717) is 30.2 Å². The van der Waals surface area contributed by atoms with Crippen molar-refractivity contribution in [2.75, 3.05) is 11.4 Å². The number of aromatic nitrogens is 2. The van der Waals surface area contributed by atoms with Gasteiger partial charge in [-0.15, -0.1) is 0 Å². The second-order valence-corrected chi connectivity index (χ2v) is 3.89. The average molecular weight is 229 g/mol. The lowest BCUT2D eigenvalue weighted by molar-refractivity contribution is 0.135. The van der Waals surface area contributed by atoms with Gasteiger partial charge < -0.3 is 9.47 Å². The fraction of sp³-hybridized carbons (Fsp3) is 0.600. The molecule has 0 atom stereocenters. The van der Waals surface area contributed by atoms with Gasteiger partial charge in [-0.1, -0.05) is 0 Å². The summed E-state index contributed by atoms with van der Waals surface area (Å²) >= 11 is 0. The van der Waals surface area contributed by atoms with E-state index in [1.807, 2.05) is 0 Å². The van der Waals surface area contributed by atoms with Crippen LogP contribution in [0.15, 0.2) is 4.79 Å². The van der Waals surface area contributed by atoms with Crippen LogP contribution >= 0.6 is 0 Å². The van der Waals surface area contributed by atoms with Crippen LogP contribution in [0.2, 0.25) is 0 Å². The molecule has 88 valence electrons. The van der Waals surface area contributed by atoms with Crippen molar-refractivity contribution >= 4 is 5.82 Å². The van der Waals surface area contributed by atoms with Crippen LogP contribution in [0.5, 0.6) is 0 Å². The predicted octanol–water partition coefficient (Wildman–Crippen LogP) is 1.29. The van der Waals surface area contributed by atoms with E-state index in [1.54, 1.807) is 18.4 Å². The van der Waals surface area contributed by atoms with Gasteiger partial charge in [-0.2, -0.15) is 13.8 Å². The van der Waals surface area contributed by atoms with E-state index in [2.05, 4.69) is 4.98 Å². The van der Waals surface area contributed by atoms with Gasteiger partial charge in [-0.05, 0) is 20.3 Å². The summed E-state index contributed by atoms with van der Waals surface area (Å²) in [6.07, 6.45) is 0.641. The van der Waals surface area contributed by atoms with Crippen LogP contribution in [-0.2, 0) is 6.54 Å². The first-order valence-electron chi connectivity index (χ1n) is 5.15. The maximum atomic E-state index is 12.8. The van der Waals surface area contributed by atoms with Gasteiger partial charge in [-0.3, -0.25) is 4.79 Å². The van der Waals surface area contributed by atoms with E-state index in [1.165, 1.54) is 0 Å². The Labute approximate surface area is 91.5 Å². The Morgan fingerprint density at radius 3 is 2.62 bits per heavy atom. The molecule has 0 spiro atoms. The van der Waals surface area contributed by atoms with Crippen molar-refractivity contribution in [1.29, 1.82) is 0 Å². The van der Waals surface area contributed by atoms with Crippen LogP contribution < -0.4 is 10.5 Å². The van der Waals surface area contributed by atoms with Gasteiger partial charge in [-0.25, -0.2) is 0 Å². The van der Waals surface area contributed by atoms with Crippen LogP contribution in [0.3, 0.4) is 0 Å². The standard InChI is InChI=1S/C10H13F2N3O/c1-6-8(16)13-7(2)14-4-3-5-15(9(6)14)10(11)12/h10H,3-5H2,1-2H3. The molecule has 2 heterocycles. The lowest BCUT2D eigenvalue weighted by Crippen LogP contribution is -2.40. The third-order valence-electron chi connectivity index (χ3n) is 2.85. The van der Waals surface area contributed by atoms with Gasteiger partial charge in [0, 0.05) is 13.1 Å². The first-order valence-corrected chi connectivity index (χ1v) is 5.15. The zero-order chi connectivity index (χ0) is 11.9. The molecule has 0 aromatic carbocycles. The van der Waals surface area contributed by atoms with Crippen molar-refractivity contribution in [1.82, 2.24) is 9.55 Å². The number of alkyl halides is 2. The molecule has 0 amide bonds. The molecule has 1 aromatic rings. The molecule has 6 heteroatoms. The maximum absolute atomic E-state index is 12.8. The molecule has 2 rings (SSSR count). The smallest absolute Gasteiger partial charge is 0.316 e. The summed E-state index contributed by atoms with van der Waals surface area (Å²) in [5.74, 6) is 0.815. The summed E-state index contributed by atoms with van der Waals surface area (Å²) in [6, 6.07) is 0. The fourth-order valence-corrected chi connectivity index (χ4v) is 2.08. The van der Waals surface area contributed by atoms with Gasteiger partial charge in [0.15, 0.2) is 0 Å². The number of anilines is 1. The molecule has 4 nitrogen and oxygen atoms in total. The molecule has 0 saturated heterocycles. The summed E-state index contributed by atoms with van der Waals surface area (Å²) in [7, 11) is 0. The molecule has 0 N–H and O–H groups in total. The Morgan fingerprint density at radius 2 is 2.00 bits per heavy atom. The third kappa shape index (κ3) is 1.58. The zero-order valence-corrected chi connectivity index (χ0v) is 9.20. The lowest BCUT2D eigenvalue weighted by Gasteiger charge is -2.33. The molecular weight excluding hydrogens is 216 g/mol. The van der Waals surface area contributed by atoms with Crippen molar-refractivity contribution in [2.24, 2.45) is 0 Å². The second-order valence-electron chi connectivity index (χ2n) is 3.89. The minimum absolute atomic E-state index is 0.279. The van der Waals surface area contributed by atoms with E-state index < -0.39 is 12.1 Å². The maximum Gasteiger partial charge on any atom is 0.316 e. The Kier molecular flexibility index (Phi) is 2.65. The molecule has 1 aromatic heterocycles. The second kappa shape index (κ2) is 3.84. The van der Waals surface area contributed by atoms with Crippen molar-refractivity contribution in [3.63, 3.8) is 0 Å². The Bertz CT molecular complexity index is 470. The summed E-state index contributed by atoms with van der Waals surface area (Å²) in [5.41, 5.74) is -0.123. The fourth-order valence-electron chi connectivity index (χ4n) is 2.08. The van der Waals surface area contributed by atoms with E-state index in [0.717, 1.165) is 4.90 Å². The molecule has 0 saturated carbocycles. The van der Waals surface area contributed by atoms with Gasteiger partial charge in [0.1, 0.15) is 11.6 Å². The highest BCUT2D eigenvalue weighted by molar-refractivity contribution is 5.48. The van der Waals surface area contributed by atoms with E-state index in [-0.39, 0.29) is 6.54 Å². The molecule has 0 aliphatic carbocycles. The van der Waals surface area contributed by atoms with Gasteiger partial charge in [0.25, 0.3) is 5.56 Å². The normalized spacial score (nSPS) is 15.4. The van der Waals surface area contributed by atoms with Crippen molar-refractivity contribution < 1.29 is 8.78 Å². The third-order valence-corrected chi connectivity index (χ3v) is 2.85. The lowest BCUT2D eigenvalue weighted by atomic mass is 10.2. The molecule has 16 heavy (non-hydrogen) atoms. The first-order chi connectivity index (χ1) is 7.52. The SMILES string of the molecule is Cc1c2n(c(C)nc1=O)CCCN2C(F)F. The Balaban J connectivity index is 2.66. The quantitative estimate of drug-likeness (QED) is 0.681. The first kappa shape index (κ1) is 11.0. The number of fused-ring (bicyclic) bond motifs is 1. The van der Waals surface area contributed by atoms with Gasteiger partial charge in [0.2, 0.25) is 0 Å². The van der Waals surface area contributed by atoms with E-state index in [9.17, 15) is 13.6 Å². The van der Waals surface area contributed by atoms with Crippen molar-refractivity contribution in [2.45, 2.75) is 33.4 Å². The molecule has 1 aliphatic heterocycles. The predicted molar refractivity (Wildman–Crippen MR) is 55.9 cm³/mol. The summed E-state index contributed by atoms with van der Waals surface area (Å²) in [5, 5.41) is 0. The molecule has 1 aliphatic rings. The summed E-state index contributed by atoms with van der Waals surface area (Å²) in [4.78, 5) is 16.3. The molecule has 0 unspecified atom stereocenters. The highest BCUT2D eigenvalue weighted by Gasteiger charge is 2.27. The zero-order valence-electron chi connectivity index (χ0n) is 9.20. The highest BCUT2D eigenvalue weighted by atomic mass is 19.3. The van der Waals surface area contributed by atoms with Crippen molar-refractivity contribution in [3.05, 3.63) is 21.7 Å². The van der Waals surface area contributed by atoms with Crippen LogP contribution in [0.4, 0.5) is 14.6 Å². The number of rotatable bonds is 1. The van der Waals surface area contributed by atoms with Crippen molar-refractivity contribution in [3.8, 4) is 0 Å². The van der Waals surface area contributed by atoms with Gasteiger partial charge in [0.05, 0.1) is 5.56 Å². The highest BCUT2D eigenvalue weighted by Crippen LogP contribution is 2.26. The van der Waals surface area contributed by atoms with Crippen LogP contribution in [-0.4, -0.2) is 22.6 Å². The van der Waals surface area contributed by atoms with Crippen LogP contribution in [0.25, 0.3) is 0 Å². The topological polar surface area (TPSA) is 38.1 Å². The Morgan fingerprint density at radius 1 is 1.31 bits per heavy atom. The minimum Gasteiger partial charge on any atom is -0.316 e. The number of hydrogen-bond donors (Lipinski definition) is 0. The summed E-state index contributed by atoms with van der Waals surface area (Å²) in [6.45, 7) is 1.55. The van der Waals surface area contributed by atoms with Crippen LogP contribution in [0.1, 0.15) is 17.8 Å². The minimum atomic E-state index is -2.58. The number of aryl methyl sites for hydroxylation is 1. The van der Waals surface area contributed by atoms with E-state index in [4.69, 9.17) is 0 Å². The number of halogens is 2. The largest absolute Gasteiger partial charge is 0.316 e. The van der Waals surface area contributed by atoms with Crippen LogP contribution in [0, 0.1) is 13.8 Å². The monoisotopic (exact) mass is 229 g/mol. The average Bonchev–Trinajstić information content (AvgIpc) is 2.25. The molecule has 0 fully saturated rings. The van der Waals surface area contributed by atoms with Gasteiger partial charge >= 0.3 is 6.55 Å². The number of hydrogen-bond acceptors (Lipinski definition) is 3. The van der Waals surface area contributed by atoms with E-state index >= 15 is 0 Å².